The number of hydrogen-bond donors (Lipinski definition) is 0. The highest BCUT2D eigenvalue weighted by molar-refractivity contribution is 7.90. The summed E-state index contributed by atoms with van der Waals surface area (Å²) < 4.78 is 26.2. The second kappa shape index (κ2) is 4.16. The highest BCUT2D eigenvalue weighted by Gasteiger charge is 2.65. The lowest BCUT2D eigenvalue weighted by Gasteiger charge is -2.30. The summed E-state index contributed by atoms with van der Waals surface area (Å²) in [5.74, 6) is -1.99. The maximum atomic E-state index is 12.8. The molecule has 3 rings (SSSR count). The average molecular weight is 322 g/mol. The predicted molar refractivity (Wildman–Crippen MR) is 75.0 cm³/mol. The van der Waals surface area contributed by atoms with E-state index >= 15 is 0 Å². The van der Waals surface area contributed by atoms with Gasteiger partial charge in [-0.1, -0.05) is 18.2 Å². The molecule has 1 spiro atoms. The SMILES string of the molecule is CC(=O)N1C2(CC(=O)N(C)C2=O)c2cccc(C)c2S1(=O)=O. The Morgan fingerprint density at radius 3 is 2.41 bits per heavy atom. The summed E-state index contributed by atoms with van der Waals surface area (Å²) in [6.07, 6.45) is -0.363. The molecule has 0 saturated carbocycles. The van der Waals surface area contributed by atoms with Crippen molar-refractivity contribution in [3.8, 4) is 0 Å². The average Bonchev–Trinajstić information content (AvgIpc) is 2.75. The van der Waals surface area contributed by atoms with Crippen LogP contribution in [0.3, 0.4) is 0 Å². The molecule has 0 N–H and O–H groups in total. The van der Waals surface area contributed by atoms with Crippen LogP contribution in [0.15, 0.2) is 23.1 Å². The van der Waals surface area contributed by atoms with E-state index in [1.54, 1.807) is 19.1 Å². The molecule has 0 radical (unpaired) electrons. The fraction of sp³-hybridized carbons (Fsp3) is 0.357. The van der Waals surface area contributed by atoms with Gasteiger partial charge in [-0.25, -0.2) is 12.7 Å². The normalized spacial score (nSPS) is 26.0. The lowest BCUT2D eigenvalue weighted by atomic mass is 9.87. The van der Waals surface area contributed by atoms with Gasteiger partial charge < -0.3 is 0 Å². The number of imide groups is 1. The maximum absolute atomic E-state index is 12.8. The third kappa shape index (κ3) is 1.45. The molecule has 1 fully saturated rings. The molecule has 7 nitrogen and oxygen atoms in total. The number of benzene rings is 1. The summed E-state index contributed by atoms with van der Waals surface area (Å²) in [5, 5.41) is 0. The predicted octanol–water partition coefficient (Wildman–Crippen LogP) is 0.130. The van der Waals surface area contributed by atoms with Gasteiger partial charge in [-0.05, 0) is 12.5 Å². The summed E-state index contributed by atoms with van der Waals surface area (Å²) in [6.45, 7) is 2.68. The van der Waals surface area contributed by atoms with Gasteiger partial charge in [0.05, 0.1) is 11.3 Å². The number of carbonyl (C=O) groups excluding carboxylic acids is 3. The molecular weight excluding hydrogens is 308 g/mol. The van der Waals surface area contributed by atoms with Crippen LogP contribution in [0.25, 0.3) is 0 Å². The number of amides is 3. The number of hydrogen-bond acceptors (Lipinski definition) is 5. The molecule has 1 atom stereocenters. The standard InChI is InChI=1S/C14H14N2O5S/c1-8-5-4-6-10-12(8)22(20,21)16(9(2)17)14(10)7-11(18)15(3)13(14)19/h4-6H,7H2,1-3H3. The number of rotatable bonds is 0. The molecule has 2 heterocycles. The number of likely N-dealkylation sites (N-methyl/N-ethyl adjacent to an activating group) is 1. The number of nitrogens with zero attached hydrogens (tertiary/aromatic N) is 2. The molecule has 0 bridgehead atoms. The van der Waals surface area contributed by atoms with Crippen LogP contribution in [0.1, 0.15) is 24.5 Å². The van der Waals surface area contributed by atoms with Crippen LogP contribution in [-0.2, 0) is 29.9 Å². The van der Waals surface area contributed by atoms with Crippen LogP contribution in [-0.4, -0.2) is 42.4 Å². The quantitative estimate of drug-likeness (QED) is 0.633. The highest BCUT2D eigenvalue weighted by atomic mass is 32.2. The summed E-state index contributed by atoms with van der Waals surface area (Å²) in [4.78, 5) is 37.5. The second-order valence-electron chi connectivity index (χ2n) is 5.54. The monoisotopic (exact) mass is 322 g/mol. The molecule has 1 aromatic rings. The van der Waals surface area contributed by atoms with Gasteiger partial charge in [0.25, 0.3) is 15.9 Å². The topological polar surface area (TPSA) is 91.8 Å². The number of sulfonamides is 1. The van der Waals surface area contributed by atoms with Crippen molar-refractivity contribution in [2.75, 3.05) is 7.05 Å². The van der Waals surface area contributed by atoms with E-state index in [0.717, 1.165) is 11.8 Å². The zero-order valence-electron chi connectivity index (χ0n) is 12.3. The third-order valence-electron chi connectivity index (χ3n) is 4.23. The van der Waals surface area contributed by atoms with Crippen LogP contribution in [0, 0.1) is 6.92 Å². The Bertz CT molecular complexity index is 845. The van der Waals surface area contributed by atoms with Crippen molar-refractivity contribution < 1.29 is 22.8 Å². The first kappa shape index (κ1) is 14.7. The fourth-order valence-corrected chi connectivity index (χ4v) is 5.50. The molecule has 1 saturated heterocycles. The molecule has 116 valence electrons. The van der Waals surface area contributed by atoms with Gasteiger partial charge in [-0.15, -0.1) is 0 Å². The van der Waals surface area contributed by atoms with Crippen LogP contribution in [0.4, 0.5) is 0 Å². The molecule has 0 aromatic heterocycles. The zero-order chi connectivity index (χ0) is 16.4. The van der Waals surface area contributed by atoms with Crippen LogP contribution in [0.2, 0.25) is 0 Å². The van der Waals surface area contributed by atoms with Crippen molar-refractivity contribution in [3.05, 3.63) is 29.3 Å². The van der Waals surface area contributed by atoms with E-state index < -0.39 is 33.3 Å². The first-order valence-electron chi connectivity index (χ1n) is 6.63. The lowest BCUT2D eigenvalue weighted by molar-refractivity contribution is -0.143. The van der Waals surface area contributed by atoms with E-state index in [9.17, 15) is 22.8 Å². The van der Waals surface area contributed by atoms with Gasteiger partial charge in [0.1, 0.15) is 0 Å². The minimum atomic E-state index is -4.16. The fourth-order valence-electron chi connectivity index (χ4n) is 3.34. The summed E-state index contributed by atoms with van der Waals surface area (Å²) in [6, 6.07) is 4.71. The molecular formula is C14H14N2O5S. The van der Waals surface area contributed by atoms with Gasteiger partial charge in [-0.2, -0.15) is 0 Å². The van der Waals surface area contributed by atoms with Crippen LogP contribution < -0.4 is 0 Å². The van der Waals surface area contributed by atoms with E-state index in [-0.39, 0.29) is 16.9 Å². The van der Waals surface area contributed by atoms with Crippen molar-refractivity contribution in [1.29, 1.82) is 0 Å². The molecule has 0 aliphatic carbocycles. The van der Waals surface area contributed by atoms with E-state index in [1.807, 2.05) is 0 Å². The van der Waals surface area contributed by atoms with Gasteiger partial charge in [0.2, 0.25) is 11.8 Å². The zero-order valence-corrected chi connectivity index (χ0v) is 13.1. The smallest absolute Gasteiger partial charge is 0.268 e. The van der Waals surface area contributed by atoms with E-state index in [1.165, 1.54) is 13.1 Å². The molecule has 2 aliphatic rings. The lowest BCUT2D eigenvalue weighted by Crippen LogP contribution is -2.51. The Labute approximate surface area is 127 Å². The minimum absolute atomic E-state index is 0.0540. The van der Waals surface area contributed by atoms with Crippen molar-refractivity contribution in [2.45, 2.75) is 30.7 Å². The van der Waals surface area contributed by atoms with Crippen molar-refractivity contribution in [2.24, 2.45) is 0 Å². The summed E-state index contributed by atoms with van der Waals surface area (Å²) in [7, 11) is -2.87. The Hall–Kier alpha value is -2.22. The van der Waals surface area contributed by atoms with E-state index in [0.29, 0.717) is 9.87 Å². The highest BCUT2D eigenvalue weighted by Crippen LogP contribution is 2.51. The molecule has 2 aliphatic heterocycles. The Balaban J connectivity index is 2.45. The van der Waals surface area contributed by atoms with Gasteiger partial charge >= 0.3 is 0 Å². The third-order valence-corrected chi connectivity index (χ3v) is 6.34. The number of likely N-dealkylation sites (tertiary alicyclic amines) is 1. The second-order valence-corrected chi connectivity index (χ2v) is 7.26. The number of carbonyl (C=O) groups is 3. The van der Waals surface area contributed by atoms with Crippen LogP contribution >= 0.6 is 0 Å². The van der Waals surface area contributed by atoms with Crippen molar-refractivity contribution in [3.63, 3.8) is 0 Å². The minimum Gasteiger partial charge on any atom is -0.283 e. The Kier molecular flexibility index (Phi) is 2.78. The van der Waals surface area contributed by atoms with Crippen LogP contribution in [0.5, 0.6) is 0 Å². The van der Waals surface area contributed by atoms with Crippen molar-refractivity contribution >= 4 is 27.7 Å². The summed E-state index contributed by atoms with van der Waals surface area (Å²) >= 11 is 0. The Morgan fingerprint density at radius 1 is 1.27 bits per heavy atom. The maximum Gasteiger partial charge on any atom is 0.268 e. The molecule has 1 aromatic carbocycles. The molecule has 22 heavy (non-hydrogen) atoms. The first-order valence-corrected chi connectivity index (χ1v) is 8.07. The first-order chi connectivity index (χ1) is 10.2. The number of fused-ring (bicyclic) bond motifs is 2. The number of aryl methyl sites for hydroxylation is 1. The van der Waals surface area contributed by atoms with Gasteiger partial charge in [-0.3, -0.25) is 19.3 Å². The van der Waals surface area contributed by atoms with Gasteiger partial charge in [0, 0.05) is 19.5 Å². The van der Waals surface area contributed by atoms with Crippen molar-refractivity contribution in [1.82, 2.24) is 9.21 Å². The largest absolute Gasteiger partial charge is 0.283 e. The molecule has 1 unspecified atom stereocenters. The van der Waals surface area contributed by atoms with E-state index in [4.69, 9.17) is 0 Å². The summed E-state index contributed by atoms with van der Waals surface area (Å²) in [5.41, 5.74) is -1.14. The van der Waals surface area contributed by atoms with Gasteiger partial charge in [0.15, 0.2) is 5.54 Å². The molecule has 8 heteroatoms. The van der Waals surface area contributed by atoms with E-state index in [2.05, 4.69) is 0 Å². The Morgan fingerprint density at radius 2 is 1.91 bits per heavy atom. The molecule has 3 amide bonds.